The number of aliphatic hydroxyl groups excluding tert-OH is 1. The van der Waals surface area contributed by atoms with Gasteiger partial charge in [-0.1, -0.05) is 0 Å². The summed E-state index contributed by atoms with van der Waals surface area (Å²) in [6.07, 6.45) is -2.77. The molecule has 0 saturated heterocycles. The number of rotatable bonds is 2. The standard InChI is InChI=1S/C7H6F2INO2/c8-6(9)5-3(2-12)1-4(10)7(13)11-5/h1,6,12H,2H2,(H,11,13). The Morgan fingerprint density at radius 3 is 2.69 bits per heavy atom. The fourth-order valence-electron chi connectivity index (χ4n) is 0.884. The summed E-state index contributed by atoms with van der Waals surface area (Å²) in [6.45, 7) is -0.507. The van der Waals surface area contributed by atoms with E-state index in [4.69, 9.17) is 5.11 Å². The van der Waals surface area contributed by atoms with Crippen LogP contribution in [-0.2, 0) is 6.61 Å². The number of nitrogens with one attached hydrogen (secondary N) is 1. The van der Waals surface area contributed by atoms with Crippen molar-refractivity contribution < 1.29 is 13.9 Å². The molecule has 1 aromatic heterocycles. The van der Waals surface area contributed by atoms with Gasteiger partial charge in [-0.3, -0.25) is 4.79 Å². The Bertz CT molecular complexity index is 364. The Morgan fingerprint density at radius 2 is 2.23 bits per heavy atom. The molecule has 1 aromatic rings. The average molecular weight is 301 g/mol. The first-order chi connectivity index (χ1) is 6.06. The van der Waals surface area contributed by atoms with Gasteiger partial charge in [0.25, 0.3) is 12.0 Å². The van der Waals surface area contributed by atoms with Crippen LogP contribution in [0.3, 0.4) is 0 Å². The van der Waals surface area contributed by atoms with E-state index >= 15 is 0 Å². The number of aliphatic hydroxyl groups is 1. The molecule has 1 rings (SSSR count). The highest BCUT2D eigenvalue weighted by molar-refractivity contribution is 14.1. The van der Waals surface area contributed by atoms with E-state index in [1.165, 1.54) is 6.07 Å². The molecule has 0 radical (unpaired) electrons. The zero-order chi connectivity index (χ0) is 10.0. The summed E-state index contributed by atoms with van der Waals surface area (Å²) >= 11 is 1.71. The first-order valence-corrected chi connectivity index (χ1v) is 4.44. The lowest BCUT2D eigenvalue weighted by Gasteiger charge is -2.05. The first-order valence-electron chi connectivity index (χ1n) is 3.37. The zero-order valence-corrected chi connectivity index (χ0v) is 8.51. The van der Waals surface area contributed by atoms with Gasteiger partial charge in [-0.2, -0.15) is 0 Å². The summed E-state index contributed by atoms with van der Waals surface area (Å²) in [4.78, 5) is 13.0. The largest absolute Gasteiger partial charge is 0.392 e. The first kappa shape index (κ1) is 10.6. The third-order valence-corrected chi connectivity index (χ3v) is 2.30. The van der Waals surface area contributed by atoms with Gasteiger partial charge in [-0.15, -0.1) is 0 Å². The van der Waals surface area contributed by atoms with Crippen molar-refractivity contribution in [2.24, 2.45) is 0 Å². The summed E-state index contributed by atoms with van der Waals surface area (Å²) < 4.78 is 24.8. The second kappa shape index (κ2) is 4.14. The van der Waals surface area contributed by atoms with Crippen LogP contribution in [0.5, 0.6) is 0 Å². The Kier molecular flexibility index (Phi) is 3.37. The highest BCUT2D eigenvalue weighted by Crippen LogP contribution is 2.20. The van der Waals surface area contributed by atoms with Gasteiger partial charge in [-0.05, 0) is 28.7 Å². The number of hydrogen-bond acceptors (Lipinski definition) is 2. The summed E-state index contributed by atoms with van der Waals surface area (Å²) in [5.41, 5.74) is -1.01. The van der Waals surface area contributed by atoms with Crippen LogP contribution in [0.4, 0.5) is 8.78 Å². The van der Waals surface area contributed by atoms with Crippen molar-refractivity contribution in [1.82, 2.24) is 4.98 Å². The highest BCUT2D eigenvalue weighted by atomic mass is 127. The number of alkyl halides is 2. The van der Waals surface area contributed by atoms with Gasteiger partial charge in [0.15, 0.2) is 0 Å². The molecule has 0 amide bonds. The molecule has 0 fully saturated rings. The zero-order valence-electron chi connectivity index (χ0n) is 6.35. The molecule has 6 heteroatoms. The molecule has 2 N–H and O–H groups in total. The van der Waals surface area contributed by atoms with E-state index in [9.17, 15) is 13.6 Å². The van der Waals surface area contributed by atoms with Gasteiger partial charge in [0.2, 0.25) is 0 Å². The van der Waals surface area contributed by atoms with Crippen molar-refractivity contribution in [3.63, 3.8) is 0 Å². The van der Waals surface area contributed by atoms with E-state index in [-0.39, 0.29) is 9.13 Å². The number of H-pyrrole nitrogens is 1. The second-order valence-corrected chi connectivity index (χ2v) is 3.51. The number of halogens is 3. The van der Waals surface area contributed by atoms with E-state index < -0.39 is 24.3 Å². The van der Waals surface area contributed by atoms with E-state index in [0.717, 1.165) is 0 Å². The average Bonchev–Trinajstić information content (AvgIpc) is 2.08. The molecule has 1 heterocycles. The smallest absolute Gasteiger partial charge is 0.278 e. The van der Waals surface area contributed by atoms with Crippen molar-refractivity contribution in [3.05, 3.63) is 31.2 Å². The van der Waals surface area contributed by atoms with Crippen molar-refractivity contribution in [1.29, 1.82) is 0 Å². The quantitative estimate of drug-likeness (QED) is 0.812. The maximum absolute atomic E-state index is 12.2. The van der Waals surface area contributed by atoms with Crippen molar-refractivity contribution in [3.8, 4) is 0 Å². The maximum atomic E-state index is 12.2. The van der Waals surface area contributed by atoms with Gasteiger partial charge in [0, 0.05) is 5.56 Å². The molecule has 0 saturated carbocycles. The Hall–Kier alpha value is -0.500. The van der Waals surface area contributed by atoms with Gasteiger partial charge in [0.05, 0.1) is 15.9 Å². The van der Waals surface area contributed by atoms with Crippen molar-refractivity contribution in [2.75, 3.05) is 0 Å². The molecular weight excluding hydrogens is 295 g/mol. The molecule has 0 aliphatic rings. The van der Waals surface area contributed by atoms with Crippen molar-refractivity contribution >= 4 is 22.6 Å². The summed E-state index contributed by atoms with van der Waals surface area (Å²) in [6, 6.07) is 1.25. The van der Waals surface area contributed by atoms with Gasteiger partial charge in [-0.25, -0.2) is 8.78 Å². The van der Waals surface area contributed by atoms with E-state index in [1.807, 2.05) is 4.98 Å². The molecule has 0 spiro atoms. The van der Waals surface area contributed by atoms with Crippen LogP contribution in [-0.4, -0.2) is 10.1 Å². The van der Waals surface area contributed by atoms with Crippen LogP contribution < -0.4 is 5.56 Å². The van der Waals surface area contributed by atoms with Crippen LogP contribution in [0.1, 0.15) is 17.7 Å². The Morgan fingerprint density at radius 1 is 1.62 bits per heavy atom. The Labute approximate surface area is 85.9 Å². The van der Waals surface area contributed by atoms with Crippen LogP contribution in [0, 0.1) is 3.57 Å². The number of pyridine rings is 1. The monoisotopic (exact) mass is 301 g/mol. The van der Waals surface area contributed by atoms with Crippen LogP contribution >= 0.6 is 22.6 Å². The van der Waals surface area contributed by atoms with Crippen LogP contribution in [0.2, 0.25) is 0 Å². The van der Waals surface area contributed by atoms with Crippen LogP contribution in [0.25, 0.3) is 0 Å². The van der Waals surface area contributed by atoms with Gasteiger partial charge in [0.1, 0.15) is 0 Å². The minimum atomic E-state index is -2.77. The predicted molar refractivity (Wildman–Crippen MR) is 50.7 cm³/mol. The molecular formula is C7H6F2INO2. The summed E-state index contributed by atoms with van der Waals surface area (Å²) in [5.74, 6) is 0. The lowest BCUT2D eigenvalue weighted by molar-refractivity contribution is 0.141. The van der Waals surface area contributed by atoms with Crippen LogP contribution in [0.15, 0.2) is 10.9 Å². The second-order valence-electron chi connectivity index (χ2n) is 2.34. The fraction of sp³-hybridized carbons (Fsp3) is 0.286. The molecule has 0 aromatic carbocycles. The minimum Gasteiger partial charge on any atom is -0.392 e. The normalized spacial score (nSPS) is 10.8. The van der Waals surface area contributed by atoms with Gasteiger partial charge >= 0.3 is 0 Å². The third-order valence-electron chi connectivity index (χ3n) is 1.50. The molecule has 72 valence electrons. The highest BCUT2D eigenvalue weighted by Gasteiger charge is 2.14. The van der Waals surface area contributed by atoms with Gasteiger partial charge < -0.3 is 10.1 Å². The minimum absolute atomic E-state index is 0.0546. The third kappa shape index (κ3) is 2.25. The molecule has 0 atom stereocenters. The summed E-state index contributed by atoms with van der Waals surface area (Å²) in [5, 5.41) is 8.72. The summed E-state index contributed by atoms with van der Waals surface area (Å²) in [7, 11) is 0. The fourth-order valence-corrected chi connectivity index (χ4v) is 1.39. The number of hydrogen-bond donors (Lipinski definition) is 2. The molecule has 0 aliphatic carbocycles. The molecule has 0 aliphatic heterocycles. The Balaban J connectivity index is 3.33. The number of aromatic nitrogens is 1. The van der Waals surface area contributed by atoms with E-state index in [1.54, 1.807) is 22.6 Å². The lowest BCUT2D eigenvalue weighted by Crippen LogP contribution is -2.15. The van der Waals surface area contributed by atoms with Crippen molar-refractivity contribution in [2.45, 2.75) is 13.0 Å². The SMILES string of the molecule is O=c1[nH]c(C(F)F)c(CO)cc1I. The number of aromatic amines is 1. The molecule has 13 heavy (non-hydrogen) atoms. The maximum Gasteiger partial charge on any atom is 0.278 e. The lowest BCUT2D eigenvalue weighted by atomic mass is 10.2. The predicted octanol–water partition coefficient (Wildman–Crippen LogP) is 1.41. The van der Waals surface area contributed by atoms with E-state index in [2.05, 4.69) is 0 Å². The topological polar surface area (TPSA) is 53.1 Å². The molecule has 0 unspecified atom stereocenters. The van der Waals surface area contributed by atoms with E-state index in [0.29, 0.717) is 0 Å². The molecule has 0 bridgehead atoms. The molecule has 3 nitrogen and oxygen atoms in total.